The van der Waals surface area contributed by atoms with E-state index in [9.17, 15) is 4.79 Å². The van der Waals surface area contributed by atoms with Crippen molar-refractivity contribution in [2.45, 2.75) is 26.7 Å². The van der Waals surface area contributed by atoms with E-state index in [2.05, 4.69) is 40.7 Å². The number of halogens is 1. The van der Waals surface area contributed by atoms with Gasteiger partial charge in [0.25, 0.3) is 5.91 Å². The molecule has 0 radical (unpaired) electrons. The Kier molecular flexibility index (Phi) is 10.5. The minimum absolute atomic E-state index is 0. The topological polar surface area (TPSA) is 23.6 Å². The molecular formula is C15H30ClN3O. The second-order valence-corrected chi connectivity index (χ2v) is 5.96. The average Bonchev–Trinajstić information content (AvgIpc) is 2.29. The number of hydrazine groups is 1. The molecule has 0 heterocycles. The van der Waals surface area contributed by atoms with Crippen molar-refractivity contribution in [3.8, 4) is 0 Å². The third-order valence-corrected chi connectivity index (χ3v) is 2.74. The molecule has 0 aliphatic heterocycles. The number of hydrogen-bond donors (Lipinski definition) is 0. The fourth-order valence-corrected chi connectivity index (χ4v) is 1.60. The van der Waals surface area contributed by atoms with Crippen LogP contribution in [0.4, 0.5) is 0 Å². The lowest BCUT2D eigenvalue weighted by Crippen LogP contribution is -3.00. The van der Waals surface area contributed by atoms with Gasteiger partial charge in [-0.15, -0.1) is 0 Å². The number of quaternary nitrogens is 1. The number of carbonyl (C=O) groups is 1. The SMILES string of the molecule is C=C(C)C(=O)N(C)N(C=CCC[N+](C)(C)C)CCC.[Cl-]. The van der Waals surface area contributed by atoms with Crippen LogP contribution >= 0.6 is 0 Å². The van der Waals surface area contributed by atoms with Crippen molar-refractivity contribution in [2.24, 2.45) is 0 Å². The van der Waals surface area contributed by atoms with Crippen LogP contribution in [-0.4, -0.2) is 61.7 Å². The zero-order chi connectivity index (χ0) is 15.1. The summed E-state index contributed by atoms with van der Waals surface area (Å²) >= 11 is 0. The van der Waals surface area contributed by atoms with Crippen molar-refractivity contribution in [1.29, 1.82) is 0 Å². The van der Waals surface area contributed by atoms with Crippen molar-refractivity contribution in [3.63, 3.8) is 0 Å². The number of amides is 1. The lowest BCUT2D eigenvalue weighted by atomic mass is 10.3. The van der Waals surface area contributed by atoms with E-state index < -0.39 is 0 Å². The van der Waals surface area contributed by atoms with Crippen molar-refractivity contribution in [2.75, 3.05) is 41.3 Å². The van der Waals surface area contributed by atoms with Crippen LogP contribution in [0.5, 0.6) is 0 Å². The monoisotopic (exact) mass is 303 g/mol. The molecule has 0 aromatic carbocycles. The fraction of sp³-hybridized carbons (Fsp3) is 0.667. The van der Waals surface area contributed by atoms with Crippen LogP contribution in [0, 0.1) is 0 Å². The highest BCUT2D eigenvalue weighted by atomic mass is 35.5. The zero-order valence-corrected chi connectivity index (χ0v) is 14.6. The van der Waals surface area contributed by atoms with Gasteiger partial charge in [0.1, 0.15) is 0 Å². The maximum atomic E-state index is 11.9. The number of rotatable bonds is 8. The van der Waals surface area contributed by atoms with Gasteiger partial charge in [-0.2, -0.15) is 0 Å². The van der Waals surface area contributed by atoms with Gasteiger partial charge in [0.05, 0.1) is 27.7 Å². The smallest absolute Gasteiger partial charge is 0.267 e. The minimum Gasteiger partial charge on any atom is -1.00 e. The van der Waals surface area contributed by atoms with Gasteiger partial charge in [-0.25, -0.2) is 0 Å². The first-order valence-electron chi connectivity index (χ1n) is 6.86. The molecule has 20 heavy (non-hydrogen) atoms. The Morgan fingerprint density at radius 1 is 1.30 bits per heavy atom. The standard InChI is InChI=1S/C15H30N3O.ClH/c1-8-11-17(16(4)15(19)14(2)3)12-9-10-13-18(5,6)7;/h9,12H,2,8,10-11,13H2,1,3-7H3;1H/q+1;/p-1. The van der Waals surface area contributed by atoms with Gasteiger partial charge in [-0.1, -0.05) is 19.6 Å². The number of nitrogens with zero attached hydrogens (tertiary/aromatic N) is 3. The van der Waals surface area contributed by atoms with Crippen LogP contribution in [0.15, 0.2) is 24.4 Å². The maximum absolute atomic E-state index is 11.9. The Morgan fingerprint density at radius 3 is 2.25 bits per heavy atom. The van der Waals surface area contributed by atoms with Crippen LogP contribution in [-0.2, 0) is 4.79 Å². The van der Waals surface area contributed by atoms with E-state index in [1.165, 1.54) is 0 Å². The first kappa shape index (κ1) is 21.3. The summed E-state index contributed by atoms with van der Waals surface area (Å²) < 4.78 is 0.943. The third-order valence-electron chi connectivity index (χ3n) is 2.74. The van der Waals surface area contributed by atoms with E-state index in [0.717, 1.165) is 30.4 Å². The van der Waals surface area contributed by atoms with Crippen molar-refractivity contribution < 1.29 is 21.7 Å². The minimum atomic E-state index is -0.0373. The van der Waals surface area contributed by atoms with Crippen LogP contribution in [0.2, 0.25) is 0 Å². The second-order valence-electron chi connectivity index (χ2n) is 5.96. The molecule has 0 atom stereocenters. The number of likely N-dealkylation sites (N-methyl/N-ethyl adjacent to an activating group) is 1. The summed E-state index contributed by atoms with van der Waals surface area (Å²) in [5.74, 6) is -0.0373. The Morgan fingerprint density at radius 2 is 1.85 bits per heavy atom. The van der Waals surface area contributed by atoms with E-state index >= 15 is 0 Å². The molecule has 0 rings (SSSR count). The first-order chi connectivity index (χ1) is 8.69. The largest absolute Gasteiger partial charge is 1.00 e. The van der Waals surface area contributed by atoms with Gasteiger partial charge in [0.15, 0.2) is 0 Å². The van der Waals surface area contributed by atoms with Gasteiger partial charge in [0, 0.05) is 31.8 Å². The lowest BCUT2D eigenvalue weighted by molar-refractivity contribution is -0.869. The van der Waals surface area contributed by atoms with Gasteiger partial charge in [-0.3, -0.25) is 14.8 Å². The zero-order valence-electron chi connectivity index (χ0n) is 13.8. The highest BCUT2D eigenvalue weighted by Gasteiger charge is 2.14. The molecule has 0 fully saturated rings. The lowest BCUT2D eigenvalue weighted by Gasteiger charge is -2.31. The van der Waals surface area contributed by atoms with E-state index in [1.54, 1.807) is 19.0 Å². The summed E-state index contributed by atoms with van der Waals surface area (Å²) in [6, 6.07) is 0. The van der Waals surface area contributed by atoms with Crippen LogP contribution < -0.4 is 12.4 Å². The molecule has 0 bridgehead atoms. The van der Waals surface area contributed by atoms with Gasteiger partial charge < -0.3 is 16.9 Å². The fourth-order valence-electron chi connectivity index (χ4n) is 1.60. The van der Waals surface area contributed by atoms with E-state index in [4.69, 9.17) is 0 Å². The summed E-state index contributed by atoms with van der Waals surface area (Å²) in [7, 11) is 8.31. The molecule has 0 spiro atoms. The van der Waals surface area contributed by atoms with Crippen molar-refractivity contribution >= 4 is 5.91 Å². The maximum Gasteiger partial charge on any atom is 0.267 e. The molecule has 1 amide bonds. The van der Waals surface area contributed by atoms with Gasteiger partial charge in [-0.05, 0) is 13.3 Å². The molecule has 4 nitrogen and oxygen atoms in total. The molecule has 0 saturated carbocycles. The van der Waals surface area contributed by atoms with E-state index in [0.29, 0.717) is 5.57 Å². The van der Waals surface area contributed by atoms with Gasteiger partial charge in [0.2, 0.25) is 0 Å². The van der Waals surface area contributed by atoms with Crippen LogP contribution in [0.1, 0.15) is 26.7 Å². The summed E-state index contributed by atoms with van der Waals surface area (Å²) in [5, 5.41) is 3.58. The van der Waals surface area contributed by atoms with Crippen molar-refractivity contribution in [1.82, 2.24) is 10.0 Å². The Hall–Kier alpha value is -1.00. The molecule has 0 aliphatic carbocycles. The summed E-state index contributed by atoms with van der Waals surface area (Å²) in [5.41, 5.74) is 0.559. The molecule has 118 valence electrons. The van der Waals surface area contributed by atoms with Gasteiger partial charge >= 0.3 is 0 Å². The Labute approximate surface area is 130 Å². The first-order valence-corrected chi connectivity index (χ1v) is 6.86. The average molecular weight is 304 g/mol. The molecule has 0 unspecified atom stereocenters. The predicted molar refractivity (Wildman–Crippen MR) is 81.2 cm³/mol. The number of hydrogen-bond acceptors (Lipinski definition) is 2. The predicted octanol–water partition coefficient (Wildman–Crippen LogP) is -0.738. The Balaban J connectivity index is 0. The molecule has 0 N–H and O–H groups in total. The molecule has 0 aliphatic rings. The van der Waals surface area contributed by atoms with E-state index in [-0.39, 0.29) is 18.3 Å². The second kappa shape index (κ2) is 9.83. The Bertz CT molecular complexity index is 335. The molecule has 0 aromatic heterocycles. The number of carbonyl (C=O) groups excluding carboxylic acids is 1. The molecule has 0 aromatic rings. The quantitative estimate of drug-likeness (QED) is 0.335. The summed E-state index contributed by atoms with van der Waals surface area (Å²) in [6.07, 6.45) is 6.12. The molecule has 0 saturated heterocycles. The molecule has 5 heteroatoms. The van der Waals surface area contributed by atoms with Crippen LogP contribution in [0.3, 0.4) is 0 Å². The molecular weight excluding hydrogens is 274 g/mol. The van der Waals surface area contributed by atoms with Crippen LogP contribution in [0.25, 0.3) is 0 Å². The normalized spacial score (nSPS) is 11.1. The highest BCUT2D eigenvalue weighted by molar-refractivity contribution is 5.91. The summed E-state index contributed by atoms with van der Waals surface area (Å²) in [4.78, 5) is 11.9. The van der Waals surface area contributed by atoms with E-state index in [1.807, 2.05) is 11.2 Å². The van der Waals surface area contributed by atoms with Crippen molar-refractivity contribution in [3.05, 3.63) is 24.4 Å². The summed E-state index contributed by atoms with van der Waals surface area (Å²) in [6.45, 7) is 9.45. The highest BCUT2D eigenvalue weighted by Crippen LogP contribution is 2.05. The third kappa shape index (κ3) is 8.99.